The molecule has 0 saturated carbocycles. The van der Waals surface area contributed by atoms with Crippen molar-refractivity contribution >= 4 is 30.1 Å². The third-order valence-electron chi connectivity index (χ3n) is 7.68. The first-order valence-corrected chi connectivity index (χ1v) is 14.8. The van der Waals surface area contributed by atoms with Crippen LogP contribution in [0.1, 0.15) is 39.8 Å². The monoisotopic (exact) mass is 686 g/mol. The molecule has 0 radical (unpaired) electrons. The second kappa shape index (κ2) is 14.5. The fourth-order valence-corrected chi connectivity index (χ4v) is 5.21. The molecule has 1 aliphatic rings. The highest BCUT2D eigenvalue weighted by atomic mass is 16.6. The summed E-state index contributed by atoms with van der Waals surface area (Å²) < 4.78 is 21.6. The largest absolute Gasteiger partial charge is 0.504 e. The predicted molar refractivity (Wildman–Crippen MR) is 173 cm³/mol. The van der Waals surface area contributed by atoms with Gasteiger partial charge in [0.1, 0.15) is 12.0 Å². The van der Waals surface area contributed by atoms with E-state index in [-0.39, 0.29) is 46.1 Å². The number of phenols is 7. The number of hydrogen-bond donors (Lipinski definition) is 7. The number of rotatable bonds is 10. The summed E-state index contributed by atoms with van der Waals surface area (Å²) in [6, 6.07) is 14.1. The highest BCUT2D eigenvalue weighted by molar-refractivity contribution is 5.91. The van der Waals surface area contributed by atoms with Gasteiger partial charge in [0, 0.05) is 18.1 Å². The van der Waals surface area contributed by atoms with E-state index in [1.54, 1.807) is 0 Å². The van der Waals surface area contributed by atoms with Crippen molar-refractivity contribution in [3.8, 4) is 46.0 Å². The summed E-state index contributed by atoms with van der Waals surface area (Å²) in [5.74, 6) is -7.36. The summed E-state index contributed by atoms with van der Waals surface area (Å²) in [6.07, 6.45) is 1.63. The Morgan fingerprint density at radius 1 is 0.760 bits per heavy atom. The van der Waals surface area contributed by atoms with Crippen molar-refractivity contribution in [3.63, 3.8) is 0 Å². The van der Waals surface area contributed by atoms with E-state index in [1.807, 2.05) is 0 Å². The highest BCUT2D eigenvalue weighted by Gasteiger charge is 2.46. The van der Waals surface area contributed by atoms with Gasteiger partial charge in [-0.2, -0.15) is 0 Å². The topological polar surface area (TPSA) is 230 Å². The lowest BCUT2D eigenvalue weighted by Crippen LogP contribution is -2.33. The maximum absolute atomic E-state index is 14.1. The van der Waals surface area contributed by atoms with E-state index in [2.05, 4.69) is 0 Å². The van der Waals surface area contributed by atoms with Crippen LogP contribution in [0.3, 0.4) is 0 Å². The van der Waals surface area contributed by atoms with Crippen molar-refractivity contribution in [1.29, 1.82) is 0 Å². The zero-order valence-electron chi connectivity index (χ0n) is 26.1. The summed E-state index contributed by atoms with van der Waals surface area (Å²) in [6.45, 7) is 0. The van der Waals surface area contributed by atoms with Gasteiger partial charge in [0.05, 0.1) is 13.4 Å². The predicted octanol–water partition coefficient (Wildman–Crippen LogP) is 4.40. The Bertz CT molecular complexity index is 2010. The van der Waals surface area contributed by atoms with Gasteiger partial charge >= 0.3 is 17.9 Å². The molecule has 50 heavy (non-hydrogen) atoms. The van der Waals surface area contributed by atoms with Crippen LogP contribution in [0.25, 0.3) is 12.2 Å². The molecule has 0 spiro atoms. The Kier molecular flexibility index (Phi) is 10.0. The van der Waals surface area contributed by atoms with E-state index in [0.29, 0.717) is 11.1 Å². The number of methoxy groups -OCH3 is 1. The summed E-state index contributed by atoms with van der Waals surface area (Å²) >= 11 is 0. The van der Waals surface area contributed by atoms with Crippen LogP contribution in [0.2, 0.25) is 0 Å². The first-order chi connectivity index (χ1) is 23.9. The average molecular weight is 687 g/mol. The Hall–Kier alpha value is -6.83. The quantitative estimate of drug-likeness (QED) is 0.0403. The SMILES string of the molecule is COC(=O)[C@@H](Cc1ccc(O)c(O)c1)OC(=O)[C@H]1c2c(/C=C/C(=O)O/C=C/c3ccc(O)c(O)c3)ccc(O)c2O[C@@H]1c1ccc(O)c(O)c1. The number of aromatic hydroxyl groups is 7. The smallest absolute Gasteiger partial charge is 0.347 e. The van der Waals surface area contributed by atoms with Gasteiger partial charge in [-0.05, 0) is 76.9 Å². The summed E-state index contributed by atoms with van der Waals surface area (Å²) in [5, 5.41) is 69.6. The second-order valence-corrected chi connectivity index (χ2v) is 11.0. The van der Waals surface area contributed by atoms with Crippen LogP contribution in [0.4, 0.5) is 0 Å². The molecule has 0 bridgehead atoms. The van der Waals surface area contributed by atoms with Gasteiger partial charge in [-0.3, -0.25) is 4.79 Å². The molecular weight excluding hydrogens is 656 g/mol. The molecule has 258 valence electrons. The molecule has 0 aromatic heterocycles. The van der Waals surface area contributed by atoms with Gasteiger partial charge in [0.15, 0.2) is 46.0 Å². The first kappa shape index (κ1) is 34.5. The lowest BCUT2D eigenvalue weighted by atomic mass is 9.87. The Morgan fingerprint density at radius 3 is 2.06 bits per heavy atom. The maximum atomic E-state index is 14.1. The Labute approximate surface area is 283 Å². The summed E-state index contributed by atoms with van der Waals surface area (Å²) in [7, 11) is 1.08. The van der Waals surface area contributed by atoms with Crippen LogP contribution in [-0.2, 0) is 35.0 Å². The van der Waals surface area contributed by atoms with Crippen molar-refractivity contribution < 1.29 is 69.1 Å². The van der Waals surface area contributed by atoms with E-state index < -0.39 is 59.0 Å². The first-order valence-electron chi connectivity index (χ1n) is 14.8. The van der Waals surface area contributed by atoms with Gasteiger partial charge in [-0.25, -0.2) is 9.59 Å². The normalized spacial score (nSPS) is 15.7. The zero-order valence-corrected chi connectivity index (χ0v) is 26.1. The van der Waals surface area contributed by atoms with E-state index in [1.165, 1.54) is 66.7 Å². The van der Waals surface area contributed by atoms with E-state index in [4.69, 9.17) is 18.9 Å². The molecule has 14 heteroatoms. The molecule has 7 N–H and O–H groups in total. The van der Waals surface area contributed by atoms with Crippen molar-refractivity contribution in [3.05, 3.63) is 107 Å². The molecule has 0 amide bonds. The van der Waals surface area contributed by atoms with Gasteiger partial charge < -0.3 is 54.7 Å². The van der Waals surface area contributed by atoms with Crippen molar-refractivity contribution in [2.24, 2.45) is 0 Å². The lowest BCUT2D eigenvalue weighted by molar-refractivity contribution is -0.167. The second-order valence-electron chi connectivity index (χ2n) is 11.0. The van der Waals surface area contributed by atoms with Crippen LogP contribution in [0, 0.1) is 0 Å². The maximum Gasteiger partial charge on any atom is 0.347 e. The lowest BCUT2D eigenvalue weighted by Gasteiger charge is -2.22. The molecule has 0 saturated heterocycles. The Balaban J connectivity index is 1.47. The standard InChI is InChI=1S/C36H30O14/c1-47-35(45)29(16-19-3-8-23(38)27(42)15-19)49-36(46)32-31-20(6-11-30(44)48-13-12-18-2-7-22(37)26(41)14-18)4-10-25(40)34(31)50-33(32)21-5-9-24(39)28(43)17-21/h2-15,17,29,32-33,37-43H,16H2,1H3/b11-6+,13-12+/t29-,32+,33-/m1/s1. The minimum atomic E-state index is -1.55. The third-order valence-corrected chi connectivity index (χ3v) is 7.68. The molecule has 14 nitrogen and oxygen atoms in total. The van der Waals surface area contributed by atoms with E-state index in [0.717, 1.165) is 31.6 Å². The number of ether oxygens (including phenoxy) is 4. The van der Waals surface area contributed by atoms with Crippen LogP contribution < -0.4 is 4.74 Å². The minimum Gasteiger partial charge on any atom is -0.504 e. The van der Waals surface area contributed by atoms with Crippen molar-refractivity contribution in [2.75, 3.05) is 7.11 Å². The molecule has 1 heterocycles. The van der Waals surface area contributed by atoms with E-state index >= 15 is 0 Å². The van der Waals surface area contributed by atoms with Crippen molar-refractivity contribution in [2.45, 2.75) is 24.5 Å². The van der Waals surface area contributed by atoms with Crippen molar-refractivity contribution in [1.82, 2.24) is 0 Å². The molecule has 1 aliphatic heterocycles. The van der Waals surface area contributed by atoms with Crippen LogP contribution in [-0.4, -0.2) is 66.9 Å². The zero-order chi connectivity index (χ0) is 36.1. The van der Waals surface area contributed by atoms with Gasteiger partial charge in [-0.15, -0.1) is 0 Å². The number of hydrogen-bond acceptors (Lipinski definition) is 14. The average Bonchev–Trinajstić information content (AvgIpc) is 3.50. The number of carbonyl (C=O) groups is 3. The van der Waals surface area contributed by atoms with Crippen LogP contribution >= 0.6 is 0 Å². The number of fused-ring (bicyclic) bond motifs is 1. The van der Waals surface area contributed by atoms with E-state index in [9.17, 15) is 50.1 Å². The van der Waals surface area contributed by atoms with Gasteiger partial charge in [0.2, 0.25) is 6.10 Å². The molecule has 0 fully saturated rings. The number of esters is 3. The molecular formula is C36H30O14. The highest BCUT2D eigenvalue weighted by Crippen LogP contribution is 2.53. The van der Waals surface area contributed by atoms with Crippen LogP contribution in [0.5, 0.6) is 46.0 Å². The van der Waals surface area contributed by atoms with Gasteiger partial charge in [-0.1, -0.05) is 24.3 Å². The van der Waals surface area contributed by atoms with Gasteiger partial charge in [0.25, 0.3) is 0 Å². The van der Waals surface area contributed by atoms with Crippen LogP contribution in [0.15, 0.2) is 79.1 Å². The Morgan fingerprint density at radius 2 is 1.40 bits per heavy atom. The summed E-state index contributed by atoms with van der Waals surface area (Å²) in [4.78, 5) is 39.4. The fourth-order valence-electron chi connectivity index (χ4n) is 5.21. The molecule has 0 unspecified atom stereocenters. The molecule has 5 rings (SSSR count). The molecule has 3 atom stereocenters. The minimum absolute atomic E-state index is 0.0534. The number of phenolic OH excluding ortho intramolecular Hbond substituents is 7. The third kappa shape index (κ3) is 7.49. The molecule has 0 aliphatic carbocycles. The number of benzene rings is 4. The molecule has 4 aromatic carbocycles. The summed E-state index contributed by atoms with van der Waals surface area (Å²) in [5.41, 5.74) is 1.16. The molecule has 4 aromatic rings. The number of carbonyl (C=O) groups excluding carboxylic acids is 3. The fraction of sp³-hybridized carbons (Fsp3) is 0.139.